The van der Waals surface area contributed by atoms with Crippen LogP contribution < -0.4 is 15.6 Å². The Morgan fingerprint density at radius 1 is 1.21 bits per heavy atom. The minimum atomic E-state index is -0.525. The van der Waals surface area contributed by atoms with Crippen molar-refractivity contribution in [1.29, 1.82) is 0 Å². The van der Waals surface area contributed by atoms with Gasteiger partial charge in [0.2, 0.25) is 5.91 Å². The molecule has 0 aliphatic carbocycles. The molecule has 0 aliphatic heterocycles. The maximum absolute atomic E-state index is 13.8. The van der Waals surface area contributed by atoms with Crippen LogP contribution in [0.1, 0.15) is 13.8 Å². The summed E-state index contributed by atoms with van der Waals surface area (Å²) in [6, 6.07) is 10.4. The number of hydrogen-bond acceptors (Lipinski definition) is 4. The number of aromatic hydroxyl groups is 1. The third kappa shape index (κ3) is 3.83. The molecule has 3 rings (SSSR count). The molecule has 0 bridgehead atoms. The van der Waals surface area contributed by atoms with Crippen LogP contribution in [-0.4, -0.2) is 28.7 Å². The number of nitrogens with one attached hydrogen (secondary N) is 1. The average molecular weight is 384 g/mol. The fraction of sp³-hybridized carbons (Fsp3) is 0.238. The SMILES string of the molecule is COc1cc(-c2cc3ccc(O)cc3c(=O)n2CC(=O)NC(C)C)ccc1F. The van der Waals surface area contributed by atoms with Crippen LogP contribution in [0.15, 0.2) is 47.3 Å². The van der Waals surface area contributed by atoms with Crippen LogP contribution >= 0.6 is 0 Å². The summed E-state index contributed by atoms with van der Waals surface area (Å²) in [6.45, 7) is 3.44. The zero-order valence-electron chi connectivity index (χ0n) is 15.8. The molecule has 6 nitrogen and oxygen atoms in total. The van der Waals surface area contributed by atoms with Crippen molar-refractivity contribution in [3.63, 3.8) is 0 Å². The van der Waals surface area contributed by atoms with E-state index in [2.05, 4.69) is 5.32 Å². The molecule has 0 atom stereocenters. The largest absolute Gasteiger partial charge is 0.508 e. The van der Waals surface area contributed by atoms with Gasteiger partial charge in [0.25, 0.3) is 5.56 Å². The zero-order valence-corrected chi connectivity index (χ0v) is 15.8. The van der Waals surface area contributed by atoms with Crippen molar-refractivity contribution in [2.75, 3.05) is 7.11 Å². The number of rotatable bonds is 5. The van der Waals surface area contributed by atoms with E-state index < -0.39 is 11.4 Å². The van der Waals surface area contributed by atoms with E-state index in [1.54, 1.807) is 12.1 Å². The van der Waals surface area contributed by atoms with Crippen LogP contribution in [0.4, 0.5) is 4.39 Å². The van der Waals surface area contributed by atoms with E-state index in [-0.39, 0.29) is 35.4 Å². The second-order valence-electron chi connectivity index (χ2n) is 6.76. The van der Waals surface area contributed by atoms with E-state index in [4.69, 9.17) is 4.74 Å². The average Bonchev–Trinajstić information content (AvgIpc) is 2.64. The molecule has 146 valence electrons. The summed E-state index contributed by atoms with van der Waals surface area (Å²) >= 11 is 0. The van der Waals surface area contributed by atoms with Gasteiger partial charge in [-0.1, -0.05) is 6.07 Å². The first-order valence-electron chi connectivity index (χ1n) is 8.80. The number of phenols is 1. The second kappa shape index (κ2) is 7.72. The number of halogens is 1. The van der Waals surface area contributed by atoms with Gasteiger partial charge in [0, 0.05) is 11.6 Å². The van der Waals surface area contributed by atoms with E-state index in [1.807, 2.05) is 13.8 Å². The van der Waals surface area contributed by atoms with Crippen LogP contribution in [0.2, 0.25) is 0 Å². The first-order chi connectivity index (χ1) is 13.3. The molecule has 0 aliphatic rings. The topological polar surface area (TPSA) is 80.6 Å². The first-order valence-corrected chi connectivity index (χ1v) is 8.80. The molecule has 7 heteroatoms. The van der Waals surface area contributed by atoms with Crippen molar-refractivity contribution >= 4 is 16.7 Å². The molecule has 0 radical (unpaired) electrons. The Bertz CT molecular complexity index is 1110. The number of ether oxygens (including phenoxy) is 1. The van der Waals surface area contributed by atoms with Crippen molar-refractivity contribution in [1.82, 2.24) is 9.88 Å². The highest BCUT2D eigenvalue weighted by Gasteiger charge is 2.16. The number of methoxy groups -OCH3 is 1. The maximum Gasteiger partial charge on any atom is 0.259 e. The van der Waals surface area contributed by atoms with Gasteiger partial charge < -0.3 is 15.2 Å². The molecule has 0 saturated heterocycles. The maximum atomic E-state index is 13.8. The molecule has 0 saturated carbocycles. The number of pyridine rings is 1. The number of hydrogen-bond donors (Lipinski definition) is 2. The summed E-state index contributed by atoms with van der Waals surface area (Å²) in [6.07, 6.45) is 0. The van der Waals surface area contributed by atoms with E-state index in [0.29, 0.717) is 16.6 Å². The Morgan fingerprint density at radius 2 is 1.96 bits per heavy atom. The van der Waals surface area contributed by atoms with Gasteiger partial charge in [-0.2, -0.15) is 0 Å². The Kier molecular flexibility index (Phi) is 5.35. The van der Waals surface area contributed by atoms with Gasteiger partial charge in [0.05, 0.1) is 18.2 Å². The number of carbonyl (C=O) groups is 1. The third-order valence-corrected chi connectivity index (χ3v) is 4.29. The molecule has 2 aromatic carbocycles. The Labute approximate surface area is 161 Å². The van der Waals surface area contributed by atoms with E-state index >= 15 is 0 Å². The minimum Gasteiger partial charge on any atom is -0.508 e. The highest BCUT2D eigenvalue weighted by molar-refractivity contribution is 5.87. The predicted octanol–water partition coefficient (Wildman–Crippen LogP) is 3.05. The summed E-state index contributed by atoms with van der Waals surface area (Å²) in [5.74, 6) is -0.858. The third-order valence-electron chi connectivity index (χ3n) is 4.29. The summed E-state index contributed by atoms with van der Waals surface area (Å²) in [4.78, 5) is 25.4. The summed E-state index contributed by atoms with van der Waals surface area (Å²) in [7, 11) is 1.36. The lowest BCUT2D eigenvalue weighted by atomic mass is 10.1. The molecular weight excluding hydrogens is 363 g/mol. The van der Waals surface area contributed by atoms with Gasteiger partial charge in [-0.25, -0.2) is 4.39 Å². The van der Waals surface area contributed by atoms with E-state index in [1.165, 1.54) is 42.0 Å². The molecule has 3 aromatic rings. The first kappa shape index (κ1) is 19.4. The van der Waals surface area contributed by atoms with Gasteiger partial charge in [-0.3, -0.25) is 14.2 Å². The molecule has 28 heavy (non-hydrogen) atoms. The summed E-state index contributed by atoms with van der Waals surface area (Å²) < 4.78 is 20.2. The zero-order chi connectivity index (χ0) is 20.4. The van der Waals surface area contributed by atoms with Crippen LogP contribution in [0.3, 0.4) is 0 Å². The standard InChI is InChI=1S/C21H21FN2O4/c1-12(2)23-20(26)11-24-18(14-5-7-17(22)19(9-14)28-3)8-13-4-6-15(25)10-16(13)21(24)27/h4-10,12,25H,11H2,1-3H3,(H,23,26). The van der Waals surface area contributed by atoms with Crippen molar-refractivity contribution in [3.8, 4) is 22.8 Å². The van der Waals surface area contributed by atoms with Gasteiger partial charge >= 0.3 is 0 Å². The molecule has 2 N–H and O–H groups in total. The lowest BCUT2D eigenvalue weighted by Gasteiger charge is -2.16. The molecule has 0 unspecified atom stereocenters. The number of amides is 1. The number of phenolic OH excluding ortho intramolecular Hbond substituents is 1. The lowest BCUT2D eigenvalue weighted by molar-refractivity contribution is -0.122. The monoisotopic (exact) mass is 384 g/mol. The molecule has 0 fully saturated rings. The molecular formula is C21H21FN2O4. The van der Waals surface area contributed by atoms with E-state index in [9.17, 15) is 19.1 Å². The molecule has 0 spiro atoms. The number of benzene rings is 2. The van der Waals surface area contributed by atoms with Crippen LogP contribution in [0, 0.1) is 5.82 Å². The summed E-state index contributed by atoms with van der Waals surface area (Å²) in [5.41, 5.74) is 0.550. The molecule has 1 amide bonds. The highest BCUT2D eigenvalue weighted by Crippen LogP contribution is 2.28. The molecule has 1 aromatic heterocycles. The van der Waals surface area contributed by atoms with Crippen LogP contribution in [0.5, 0.6) is 11.5 Å². The fourth-order valence-electron chi connectivity index (χ4n) is 3.06. The van der Waals surface area contributed by atoms with Crippen molar-refractivity contribution in [3.05, 3.63) is 58.6 Å². The van der Waals surface area contributed by atoms with Gasteiger partial charge in [-0.15, -0.1) is 0 Å². The number of nitrogens with zero attached hydrogens (tertiary/aromatic N) is 1. The minimum absolute atomic E-state index is 0.0360. The normalized spacial score (nSPS) is 11.0. The van der Waals surface area contributed by atoms with Crippen molar-refractivity contribution in [2.24, 2.45) is 0 Å². The van der Waals surface area contributed by atoms with Crippen molar-refractivity contribution < 1.29 is 19.0 Å². The van der Waals surface area contributed by atoms with Crippen LogP contribution in [0.25, 0.3) is 22.0 Å². The fourth-order valence-corrected chi connectivity index (χ4v) is 3.06. The van der Waals surface area contributed by atoms with Crippen LogP contribution in [-0.2, 0) is 11.3 Å². The van der Waals surface area contributed by atoms with Gasteiger partial charge in [-0.05, 0) is 55.6 Å². The Hall–Kier alpha value is -3.35. The quantitative estimate of drug-likeness (QED) is 0.709. The smallest absolute Gasteiger partial charge is 0.259 e. The second-order valence-corrected chi connectivity index (χ2v) is 6.76. The molecule has 1 heterocycles. The number of carbonyl (C=O) groups excluding carboxylic acids is 1. The van der Waals surface area contributed by atoms with E-state index in [0.717, 1.165) is 0 Å². The highest BCUT2D eigenvalue weighted by atomic mass is 19.1. The Balaban J connectivity index is 2.24. The van der Waals surface area contributed by atoms with Crippen molar-refractivity contribution in [2.45, 2.75) is 26.4 Å². The Morgan fingerprint density at radius 3 is 2.64 bits per heavy atom. The number of fused-ring (bicyclic) bond motifs is 1. The summed E-state index contributed by atoms with van der Waals surface area (Å²) in [5, 5.41) is 13.4. The van der Waals surface area contributed by atoms with Gasteiger partial charge in [0.15, 0.2) is 11.6 Å². The number of aromatic nitrogens is 1. The van der Waals surface area contributed by atoms with Gasteiger partial charge in [0.1, 0.15) is 12.3 Å². The lowest BCUT2D eigenvalue weighted by Crippen LogP contribution is -2.36. The predicted molar refractivity (Wildman–Crippen MR) is 105 cm³/mol.